The molecule has 2 aromatic rings. The summed E-state index contributed by atoms with van der Waals surface area (Å²) in [7, 11) is 1.27. The highest BCUT2D eigenvalue weighted by atomic mass is 127. The molecule has 0 saturated carbocycles. The molecule has 1 fully saturated rings. The van der Waals surface area contributed by atoms with E-state index in [1.54, 1.807) is 0 Å². The third-order valence-electron chi connectivity index (χ3n) is 4.20. The summed E-state index contributed by atoms with van der Waals surface area (Å²) < 4.78 is 49.9. The van der Waals surface area contributed by atoms with Crippen LogP contribution in [0.15, 0.2) is 35.9 Å². The second-order valence-electron chi connectivity index (χ2n) is 6.37. The van der Waals surface area contributed by atoms with Gasteiger partial charge in [-0.3, -0.25) is 30.3 Å². The number of amides is 2. The summed E-state index contributed by atoms with van der Waals surface area (Å²) in [6, 6.07) is 4.73. The van der Waals surface area contributed by atoms with Crippen LogP contribution in [-0.4, -0.2) is 29.0 Å². The number of alkyl halides is 3. The van der Waals surface area contributed by atoms with E-state index in [1.807, 2.05) is 22.6 Å². The van der Waals surface area contributed by atoms with Gasteiger partial charge in [-0.1, -0.05) is 0 Å². The van der Waals surface area contributed by atoms with Crippen molar-refractivity contribution in [2.24, 2.45) is 0 Å². The highest BCUT2D eigenvalue weighted by Gasteiger charge is 2.34. The Morgan fingerprint density at radius 3 is 2.30 bits per heavy atom. The minimum atomic E-state index is -4.77. The second-order valence-corrected chi connectivity index (χ2v) is 7.94. The zero-order valence-corrected chi connectivity index (χ0v) is 19.3. The summed E-state index contributed by atoms with van der Waals surface area (Å²) in [6.07, 6.45) is -3.51. The Bertz CT molecular complexity index is 1210. The van der Waals surface area contributed by atoms with Gasteiger partial charge in [0, 0.05) is 6.07 Å². The van der Waals surface area contributed by atoms with Crippen molar-refractivity contribution in [3.8, 4) is 17.2 Å². The van der Waals surface area contributed by atoms with Gasteiger partial charge < -0.3 is 9.47 Å². The molecule has 33 heavy (non-hydrogen) atoms. The van der Waals surface area contributed by atoms with Crippen LogP contribution >= 0.6 is 34.8 Å². The largest absolute Gasteiger partial charge is 0.493 e. The van der Waals surface area contributed by atoms with Crippen LogP contribution in [0.1, 0.15) is 11.1 Å². The van der Waals surface area contributed by atoms with E-state index in [2.05, 4.69) is 10.6 Å². The fourth-order valence-electron chi connectivity index (χ4n) is 2.73. The van der Waals surface area contributed by atoms with Crippen molar-refractivity contribution in [1.29, 1.82) is 0 Å². The lowest BCUT2D eigenvalue weighted by Crippen LogP contribution is -2.51. The van der Waals surface area contributed by atoms with Gasteiger partial charge in [0.1, 0.15) is 5.57 Å². The second kappa shape index (κ2) is 9.30. The minimum absolute atomic E-state index is 0.0122. The van der Waals surface area contributed by atoms with Crippen LogP contribution in [-0.2, 0) is 15.8 Å². The van der Waals surface area contributed by atoms with Gasteiger partial charge in [-0.2, -0.15) is 13.2 Å². The SMILES string of the molecule is COc1cc(C=C2C(=O)NC(=S)NC2=O)cc(I)c1Oc1ccc(C(F)(F)F)cc1[N+](=O)[O-]. The predicted molar refractivity (Wildman–Crippen MR) is 121 cm³/mol. The third kappa shape index (κ3) is 5.39. The number of halogens is 4. The molecule has 0 aromatic heterocycles. The maximum absolute atomic E-state index is 12.9. The Morgan fingerprint density at radius 2 is 1.76 bits per heavy atom. The van der Waals surface area contributed by atoms with E-state index < -0.39 is 39.9 Å². The Kier molecular flexibility index (Phi) is 6.87. The maximum atomic E-state index is 12.9. The number of thiocarbonyl (C=S) groups is 1. The van der Waals surface area contributed by atoms with E-state index in [-0.39, 0.29) is 22.2 Å². The summed E-state index contributed by atoms with van der Waals surface area (Å²) in [5.41, 5.74) is -1.97. The first-order valence-electron chi connectivity index (χ1n) is 8.70. The van der Waals surface area contributed by atoms with Crippen molar-refractivity contribution in [1.82, 2.24) is 10.6 Å². The van der Waals surface area contributed by atoms with E-state index in [9.17, 15) is 32.9 Å². The van der Waals surface area contributed by atoms with Crippen molar-refractivity contribution in [3.63, 3.8) is 0 Å². The molecule has 9 nitrogen and oxygen atoms in total. The molecule has 1 aliphatic rings. The zero-order valence-electron chi connectivity index (χ0n) is 16.3. The molecule has 2 N–H and O–H groups in total. The van der Waals surface area contributed by atoms with Crippen molar-refractivity contribution in [2.45, 2.75) is 6.18 Å². The van der Waals surface area contributed by atoms with Crippen LogP contribution in [0.4, 0.5) is 18.9 Å². The molecule has 0 radical (unpaired) electrons. The Hall–Kier alpha value is -3.27. The van der Waals surface area contributed by atoms with E-state index in [1.165, 1.54) is 25.3 Å². The topological polar surface area (TPSA) is 120 Å². The lowest BCUT2D eigenvalue weighted by molar-refractivity contribution is -0.385. The van der Waals surface area contributed by atoms with E-state index in [0.717, 1.165) is 6.07 Å². The Morgan fingerprint density at radius 1 is 1.12 bits per heavy atom. The van der Waals surface area contributed by atoms with Gasteiger partial charge in [-0.15, -0.1) is 0 Å². The number of hydrogen-bond acceptors (Lipinski definition) is 7. The molecule has 1 saturated heterocycles. The number of carbonyl (C=O) groups is 2. The fourth-order valence-corrected chi connectivity index (χ4v) is 3.65. The first kappa shape index (κ1) is 24.4. The highest BCUT2D eigenvalue weighted by Crippen LogP contribution is 2.42. The van der Waals surface area contributed by atoms with Crippen molar-refractivity contribution in [3.05, 3.63) is 60.7 Å². The summed E-state index contributed by atoms with van der Waals surface area (Å²) in [6.45, 7) is 0. The molecule has 14 heteroatoms. The van der Waals surface area contributed by atoms with Crippen LogP contribution in [0, 0.1) is 13.7 Å². The molecule has 0 aliphatic carbocycles. The quantitative estimate of drug-likeness (QED) is 0.135. The smallest absolute Gasteiger partial charge is 0.416 e. The van der Waals surface area contributed by atoms with E-state index in [0.29, 0.717) is 21.3 Å². The van der Waals surface area contributed by atoms with Crippen molar-refractivity contribution in [2.75, 3.05) is 7.11 Å². The standard InChI is InChI=1S/C19H11F3IN3O6S/c1-31-14-6-8(4-10-16(27)24-18(33)25-17(10)28)5-11(23)15(14)32-13-3-2-9(19(20,21)22)7-12(13)26(29)30/h2-7H,1H3,(H2,24,25,27,28,33). The van der Waals surface area contributed by atoms with E-state index >= 15 is 0 Å². The molecule has 1 heterocycles. The summed E-state index contributed by atoms with van der Waals surface area (Å²) in [5.74, 6) is -1.82. The lowest BCUT2D eigenvalue weighted by Gasteiger charge is -2.17. The lowest BCUT2D eigenvalue weighted by atomic mass is 10.1. The number of rotatable bonds is 5. The van der Waals surface area contributed by atoms with Gasteiger partial charge in [0.05, 0.1) is 21.2 Å². The number of benzene rings is 2. The summed E-state index contributed by atoms with van der Waals surface area (Å²) >= 11 is 6.55. The average Bonchev–Trinajstić information content (AvgIpc) is 2.71. The van der Waals surface area contributed by atoms with Crippen molar-refractivity contribution >= 4 is 63.5 Å². The van der Waals surface area contributed by atoms with Crippen LogP contribution in [0.5, 0.6) is 17.2 Å². The number of nitrogens with one attached hydrogen (secondary N) is 2. The van der Waals surface area contributed by atoms with Gasteiger partial charge in [0.15, 0.2) is 16.6 Å². The maximum Gasteiger partial charge on any atom is 0.416 e. The van der Waals surface area contributed by atoms with Gasteiger partial charge in [0.2, 0.25) is 5.75 Å². The Labute approximate surface area is 202 Å². The number of ether oxygens (including phenoxy) is 2. The molecule has 172 valence electrons. The molecular formula is C19H11F3IN3O6S. The van der Waals surface area contributed by atoms with Crippen molar-refractivity contribution < 1.29 is 37.2 Å². The minimum Gasteiger partial charge on any atom is -0.493 e. The normalized spacial score (nSPS) is 13.8. The number of hydrogen-bond donors (Lipinski definition) is 2. The van der Waals surface area contributed by atoms with Gasteiger partial charge in [0.25, 0.3) is 11.8 Å². The predicted octanol–water partition coefficient (Wildman–Crippen LogP) is 3.93. The molecule has 0 bridgehead atoms. The number of nitro benzene ring substituents is 1. The van der Waals surface area contributed by atoms with Gasteiger partial charge in [-0.25, -0.2) is 0 Å². The number of nitro groups is 1. The van der Waals surface area contributed by atoms with E-state index in [4.69, 9.17) is 21.7 Å². The summed E-state index contributed by atoms with van der Waals surface area (Å²) in [5, 5.41) is 15.8. The molecule has 0 atom stereocenters. The molecule has 0 spiro atoms. The summed E-state index contributed by atoms with van der Waals surface area (Å²) in [4.78, 5) is 34.4. The molecule has 3 rings (SSSR count). The zero-order chi connectivity index (χ0) is 24.5. The highest BCUT2D eigenvalue weighted by molar-refractivity contribution is 14.1. The van der Waals surface area contributed by atoms with Crippen LogP contribution in [0.25, 0.3) is 6.08 Å². The molecule has 2 amide bonds. The number of methoxy groups -OCH3 is 1. The van der Waals surface area contributed by atoms with Gasteiger partial charge >= 0.3 is 11.9 Å². The Balaban J connectivity index is 2.02. The van der Waals surface area contributed by atoms with Crippen LogP contribution in [0.2, 0.25) is 0 Å². The average molecular weight is 593 g/mol. The number of nitrogens with zero attached hydrogens (tertiary/aromatic N) is 1. The molecule has 1 aliphatic heterocycles. The van der Waals surface area contributed by atoms with Crippen LogP contribution in [0.3, 0.4) is 0 Å². The fraction of sp³-hybridized carbons (Fsp3) is 0.105. The molecular weight excluding hydrogens is 582 g/mol. The molecule has 0 unspecified atom stereocenters. The monoisotopic (exact) mass is 593 g/mol. The third-order valence-corrected chi connectivity index (χ3v) is 5.21. The molecule has 2 aromatic carbocycles. The first-order valence-corrected chi connectivity index (χ1v) is 10.2. The first-order chi connectivity index (χ1) is 15.4. The number of carbonyl (C=O) groups excluding carboxylic acids is 2. The van der Waals surface area contributed by atoms with Gasteiger partial charge in [-0.05, 0) is 70.7 Å². The van der Waals surface area contributed by atoms with Crippen LogP contribution < -0.4 is 20.1 Å².